The van der Waals surface area contributed by atoms with Gasteiger partial charge in [0.15, 0.2) is 0 Å². The first-order valence-corrected chi connectivity index (χ1v) is 4.30. The van der Waals surface area contributed by atoms with Gasteiger partial charge in [0, 0.05) is 11.9 Å². The molecule has 0 saturated heterocycles. The summed E-state index contributed by atoms with van der Waals surface area (Å²) in [4.78, 5) is 0. The van der Waals surface area contributed by atoms with Crippen molar-refractivity contribution in [2.45, 2.75) is 6.04 Å². The zero-order chi connectivity index (χ0) is 8.97. The van der Waals surface area contributed by atoms with Crippen LogP contribution >= 0.6 is 11.6 Å². The monoisotopic (exact) mass is 187 g/mol. The van der Waals surface area contributed by atoms with E-state index >= 15 is 0 Å². The molecule has 0 aliphatic heterocycles. The van der Waals surface area contributed by atoms with E-state index in [2.05, 4.69) is 5.32 Å². The first kappa shape index (κ1) is 9.49. The van der Waals surface area contributed by atoms with Crippen LogP contribution < -0.4 is 5.32 Å². The third-order valence-corrected chi connectivity index (χ3v) is 2.08. The fourth-order valence-electron chi connectivity index (χ4n) is 1.03. The molecular weight excluding hydrogens is 177 g/mol. The fourth-order valence-corrected chi connectivity index (χ4v) is 1.36. The highest BCUT2D eigenvalue weighted by molar-refractivity contribution is 6.18. The summed E-state index contributed by atoms with van der Waals surface area (Å²) in [5.74, 6) is 0.269. The molecule has 0 aliphatic carbocycles. The molecule has 1 rings (SSSR count). The summed E-state index contributed by atoms with van der Waals surface area (Å²) in [6, 6.07) is 6.45. The zero-order valence-electron chi connectivity index (χ0n) is 6.85. The highest BCUT2D eigenvalue weighted by atomic mass is 35.5. The molecule has 0 aromatic heterocycles. The number of rotatable bonds is 3. The molecule has 0 radical (unpaired) electrons. The van der Waals surface area contributed by atoms with Gasteiger partial charge in [0.25, 0.3) is 0 Å². The van der Waals surface area contributed by atoms with E-state index in [1.54, 1.807) is 12.1 Å². The standard InChI is InChI=1S/C9H11ClFN/c1-12-9(6-10)7-2-4-8(11)5-3-7/h2-5,9,12H,6H2,1H3. The summed E-state index contributed by atoms with van der Waals surface area (Å²) in [6.07, 6.45) is 0. The summed E-state index contributed by atoms with van der Waals surface area (Å²) < 4.78 is 12.5. The molecule has 3 heteroatoms. The fraction of sp³-hybridized carbons (Fsp3) is 0.333. The van der Waals surface area contributed by atoms with E-state index in [1.807, 2.05) is 7.05 Å². The molecule has 1 nitrogen and oxygen atoms in total. The molecule has 1 atom stereocenters. The first-order chi connectivity index (χ1) is 5.77. The average Bonchev–Trinajstić information content (AvgIpc) is 2.10. The molecule has 1 aromatic carbocycles. The predicted molar refractivity (Wildman–Crippen MR) is 48.9 cm³/mol. The maximum atomic E-state index is 12.5. The van der Waals surface area contributed by atoms with Gasteiger partial charge in [-0.15, -0.1) is 11.6 Å². The molecule has 1 aromatic rings. The minimum absolute atomic E-state index is 0.104. The Labute approximate surface area is 76.5 Å². The van der Waals surface area contributed by atoms with Gasteiger partial charge in [-0.1, -0.05) is 12.1 Å². The van der Waals surface area contributed by atoms with Gasteiger partial charge in [0.1, 0.15) is 5.82 Å². The second-order valence-electron chi connectivity index (χ2n) is 2.55. The molecule has 66 valence electrons. The van der Waals surface area contributed by atoms with Crippen molar-refractivity contribution in [1.82, 2.24) is 5.32 Å². The largest absolute Gasteiger partial charge is 0.312 e. The smallest absolute Gasteiger partial charge is 0.123 e. The SMILES string of the molecule is CNC(CCl)c1ccc(F)cc1. The quantitative estimate of drug-likeness (QED) is 0.717. The summed E-state index contributed by atoms with van der Waals surface area (Å²) in [7, 11) is 1.83. The molecule has 1 N–H and O–H groups in total. The summed E-state index contributed by atoms with van der Waals surface area (Å²) >= 11 is 5.69. The van der Waals surface area contributed by atoms with E-state index in [0.29, 0.717) is 5.88 Å². The van der Waals surface area contributed by atoms with Crippen molar-refractivity contribution >= 4 is 11.6 Å². The minimum Gasteiger partial charge on any atom is -0.312 e. The Hall–Kier alpha value is -0.600. The van der Waals surface area contributed by atoms with E-state index in [-0.39, 0.29) is 11.9 Å². The molecule has 12 heavy (non-hydrogen) atoms. The van der Waals surface area contributed by atoms with Crippen LogP contribution in [0.4, 0.5) is 4.39 Å². The Balaban J connectivity index is 2.80. The van der Waals surface area contributed by atoms with E-state index in [4.69, 9.17) is 11.6 Å². The molecule has 0 amide bonds. The zero-order valence-corrected chi connectivity index (χ0v) is 7.61. The van der Waals surface area contributed by atoms with Gasteiger partial charge >= 0.3 is 0 Å². The Morgan fingerprint density at radius 2 is 2.00 bits per heavy atom. The summed E-state index contributed by atoms with van der Waals surface area (Å²) in [5, 5.41) is 3.03. The number of halogens is 2. The van der Waals surface area contributed by atoms with Gasteiger partial charge in [-0.3, -0.25) is 0 Å². The highest BCUT2D eigenvalue weighted by Crippen LogP contribution is 2.14. The highest BCUT2D eigenvalue weighted by Gasteiger charge is 2.06. The van der Waals surface area contributed by atoms with Crippen LogP contribution in [0.5, 0.6) is 0 Å². The van der Waals surface area contributed by atoms with Crippen LogP contribution in [0.1, 0.15) is 11.6 Å². The van der Waals surface area contributed by atoms with Crippen LogP contribution in [0.3, 0.4) is 0 Å². The third kappa shape index (κ3) is 2.19. The maximum Gasteiger partial charge on any atom is 0.123 e. The lowest BCUT2D eigenvalue weighted by atomic mass is 10.1. The van der Waals surface area contributed by atoms with Crippen molar-refractivity contribution in [3.05, 3.63) is 35.6 Å². The van der Waals surface area contributed by atoms with E-state index in [0.717, 1.165) is 5.56 Å². The molecule has 0 aliphatic rings. The van der Waals surface area contributed by atoms with Crippen molar-refractivity contribution in [3.63, 3.8) is 0 Å². The number of benzene rings is 1. The molecule has 1 unspecified atom stereocenters. The van der Waals surface area contributed by atoms with Crippen molar-refractivity contribution in [2.75, 3.05) is 12.9 Å². The van der Waals surface area contributed by atoms with E-state index in [9.17, 15) is 4.39 Å². The molecule has 0 fully saturated rings. The minimum atomic E-state index is -0.219. The van der Waals surface area contributed by atoms with Gasteiger partial charge in [-0.05, 0) is 24.7 Å². The van der Waals surface area contributed by atoms with Gasteiger partial charge < -0.3 is 5.32 Å². The molecule has 0 spiro atoms. The topological polar surface area (TPSA) is 12.0 Å². The molecule has 0 bridgehead atoms. The van der Waals surface area contributed by atoms with Gasteiger partial charge in [0.05, 0.1) is 0 Å². The van der Waals surface area contributed by atoms with Crippen LogP contribution in [0.2, 0.25) is 0 Å². The lowest BCUT2D eigenvalue weighted by Crippen LogP contribution is -2.17. The normalized spacial score (nSPS) is 12.9. The maximum absolute atomic E-state index is 12.5. The van der Waals surface area contributed by atoms with Crippen LogP contribution in [0.25, 0.3) is 0 Å². The first-order valence-electron chi connectivity index (χ1n) is 3.76. The van der Waals surface area contributed by atoms with Crippen LogP contribution in [0, 0.1) is 5.82 Å². The van der Waals surface area contributed by atoms with Crippen molar-refractivity contribution < 1.29 is 4.39 Å². The average molecular weight is 188 g/mol. The van der Waals surface area contributed by atoms with Crippen molar-refractivity contribution in [1.29, 1.82) is 0 Å². The van der Waals surface area contributed by atoms with Crippen molar-refractivity contribution in [3.8, 4) is 0 Å². The number of hydrogen-bond acceptors (Lipinski definition) is 1. The number of hydrogen-bond donors (Lipinski definition) is 1. The van der Waals surface area contributed by atoms with E-state index in [1.165, 1.54) is 12.1 Å². The number of nitrogens with one attached hydrogen (secondary N) is 1. The van der Waals surface area contributed by atoms with Gasteiger partial charge in [-0.25, -0.2) is 4.39 Å². The van der Waals surface area contributed by atoms with Gasteiger partial charge in [-0.2, -0.15) is 0 Å². The second-order valence-corrected chi connectivity index (χ2v) is 2.86. The summed E-state index contributed by atoms with van der Waals surface area (Å²) in [5.41, 5.74) is 1.01. The lowest BCUT2D eigenvalue weighted by molar-refractivity contribution is 0.620. The Bertz CT molecular complexity index is 231. The third-order valence-electron chi connectivity index (χ3n) is 1.78. The molecule has 0 saturated carbocycles. The Morgan fingerprint density at radius 3 is 2.42 bits per heavy atom. The summed E-state index contributed by atoms with van der Waals surface area (Å²) in [6.45, 7) is 0. The molecular formula is C9H11ClFN. The van der Waals surface area contributed by atoms with Crippen molar-refractivity contribution in [2.24, 2.45) is 0 Å². The lowest BCUT2D eigenvalue weighted by Gasteiger charge is -2.12. The predicted octanol–water partition coefficient (Wildman–Crippen LogP) is 2.33. The Morgan fingerprint density at radius 1 is 1.42 bits per heavy atom. The molecule has 0 heterocycles. The Kier molecular flexibility index (Phi) is 3.50. The van der Waals surface area contributed by atoms with Crippen LogP contribution in [-0.4, -0.2) is 12.9 Å². The van der Waals surface area contributed by atoms with Crippen LogP contribution in [0.15, 0.2) is 24.3 Å². The van der Waals surface area contributed by atoms with Crippen LogP contribution in [-0.2, 0) is 0 Å². The number of alkyl halides is 1. The second kappa shape index (κ2) is 4.43. The van der Waals surface area contributed by atoms with Gasteiger partial charge in [0.2, 0.25) is 0 Å². The van der Waals surface area contributed by atoms with E-state index < -0.39 is 0 Å².